The van der Waals surface area contributed by atoms with Gasteiger partial charge in [-0.05, 0) is 41.3 Å². The van der Waals surface area contributed by atoms with E-state index in [1.165, 1.54) is 18.2 Å². The lowest BCUT2D eigenvalue weighted by molar-refractivity contribution is -0.138. The van der Waals surface area contributed by atoms with Gasteiger partial charge in [0.15, 0.2) is 0 Å². The molecule has 0 aliphatic rings. The molecule has 1 aromatic heterocycles. The van der Waals surface area contributed by atoms with Crippen LogP contribution in [0.3, 0.4) is 0 Å². The number of aliphatic carboxylic acids is 1. The quantitative estimate of drug-likeness (QED) is 0.454. The van der Waals surface area contributed by atoms with E-state index in [4.69, 9.17) is 10.1 Å². The molecule has 0 bridgehead atoms. The number of hydrogen-bond acceptors (Lipinski definition) is 4. The van der Waals surface area contributed by atoms with Gasteiger partial charge in [-0.25, -0.2) is 4.39 Å². The minimum Gasteiger partial charge on any atom is -0.481 e. The molecule has 0 spiro atoms. The van der Waals surface area contributed by atoms with Crippen LogP contribution < -0.4 is 0 Å². The van der Waals surface area contributed by atoms with Crippen molar-refractivity contribution in [2.45, 2.75) is 58.5 Å². The minimum atomic E-state index is -3.97. The molecule has 3 N–H and O–H groups in total. The highest BCUT2D eigenvalue weighted by molar-refractivity contribution is 7.61. The van der Waals surface area contributed by atoms with Gasteiger partial charge >= 0.3 is 5.97 Å². The molecule has 0 aliphatic heterocycles. The van der Waals surface area contributed by atoms with Crippen molar-refractivity contribution in [1.82, 2.24) is 4.98 Å². The molecule has 8 heteroatoms. The largest absolute Gasteiger partial charge is 0.481 e. The lowest BCUT2D eigenvalue weighted by Gasteiger charge is -2.23. The zero-order valence-electron chi connectivity index (χ0n) is 19.0. The first-order chi connectivity index (χ1) is 14.7. The van der Waals surface area contributed by atoms with Crippen molar-refractivity contribution >= 4 is 19.4 Å². The minimum absolute atomic E-state index is 0.00757. The summed E-state index contributed by atoms with van der Waals surface area (Å²) in [4.78, 5) is 25.9. The number of pyridine rings is 1. The van der Waals surface area contributed by atoms with E-state index in [0.29, 0.717) is 5.56 Å². The Morgan fingerprint density at radius 2 is 1.81 bits per heavy atom. The van der Waals surface area contributed by atoms with Crippen LogP contribution in [0.5, 0.6) is 0 Å². The van der Waals surface area contributed by atoms with Gasteiger partial charge in [-0.2, -0.15) is 0 Å². The number of rotatable bonds is 8. The summed E-state index contributed by atoms with van der Waals surface area (Å²) in [7, 11) is -3.97. The van der Waals surface area contributed by atoms with Gasteiger partial charge in [0.1, 0.15) is 5.82 Å². The monoisotopic (exact) mass is 463 g/mol. The van der Waals surface area contributed by atoms with Crippen molar-refractivity contribution in [3.63, 3.8) is 0 Å². The molecule has 2 unspecified atom stereocenters. The van der Waals surface area contributed by atoms with E-state index in [9.17, 15) is 23.7 Å². The van der Waals surface area contributed by atoms with E-state index >= 15 is 0 Å². The van der Waals surface area contributed by atoms with Crippen molar-refractivity contribution in [1.29, 1.82) is 0 Å². The predicted molar refractivity (Wildman–Crippen MR) is 124 cm³/mol. The van der Waals surface area contributed by atoms with E-state index in [1.807, 2.05) is 40.7 Å². The molecule has 6 nitrogen and oxygen atoms in total. The van der Waals surface area contributed by atoms with Gasteiger partial charge in [0.2, 0.25) is 7.37 Å². The molecule has 1 heterocycles. The summed E-state index contributed by atoms with van der Waals surface area (Å²) < 4.78 is 26.2. The number of aromatic nitrogens is 1. The van der Waals surface area contributed by atoms with Crippen LogP contribution in [0, 0.1) is 5.82 Å². The summed E-state index contributed by atoms with van der Waals surface area (Å²) in [5, 5.41) is 18.6. The van der Waals surface area contributed by atoms with Gasteiger partial charge in [-0.3, -0.25) is 14.3 Å². The first kappa shape index (κ1) is 25.9. The summed E-state index contributed by atoms with van der Waals surface area (Å²) >= 11 is 0. The maximum Gasteiger partial charge on any atom is 0.305 e. The Bertz CT molecular complexity index is 1040. The van der Waals surface area contributed by atoms with Crippen LogP contribution in [0.25, 0.3) is 17.2 Å². The molecule has 0 radical (unpaired) electrons. The number of halogens is 1. The number of aliphatic hydroxyl groups excluding tert-OH is 1. The van der Waals surface area contributed by atoms with Crippen LogP contribution >= 0.6 is 7.37 Å². The van der Waals surface area contributed by atoms with Crippen LogP contribution in [-0.2, 0) is 14.8 Å². The molecular weight excluding hydrogens is 432 g/mol. The Balaban J connectivity index is 2.63. The second-order valence-corrected chi connectivity index (χ2v) is 11.4. The Morgan fingerprint density at radius 3 is 2.31 bits per heavy atom. The van der Waals surface area contributed by atoms with Crippen molar-refractivity contribution in [3.8, 4) is 11.1 Å². The lowest BCUT2D eigenvalue weighted by Crippen LogP contribution is -2.17. The number of nitrogens with zero attached hydrogens (tertiary/aromatic N) is 1. The molecule has 0 saturated heterocycles. The topological polar surface area (TPSA) is 108 Å². The number of hydrogen-bond donors (Lipinski definition) is 3. The summed E-state index contributed by atoms with van der Waals surface area (Å²) in [5.41, 5.74) is 3.41. The smallest absolute Gasteiger partial charge is 0.305 e. The molecule has 0 fully saturated rings. The third-order valence-electron chi connectivity index (χ3n) is 4.92. The fourth-order valence-electron chi connectivity index (χ4n) is 3.26. The van der Waals surface area contributed by atoms with Gasteiger partial charge in [-0.15, -0.1) is 0 Å². The first-order valence-corrected chi connectivity index (χ1v) is 12.3. The molecule has 32 heavy (non-hydrogen) atoms. The van der Waals surface area contributed by atoms with Crippen molar-refractivity contribution in [2.75, 3.05) is 6.16 Å². The zero-order chi connectivity index (χ0) is 24.3. The number of aliphatic hydroxyl groups is 1. The van der Waals surface area contributed by atoms with E-state index in [-0.39, 0.29) is 17.2 Å². The molecule has 2 atom stereocenters. The molecular formula is C24H31FNO5P. The average molecular weight is 463 g/mol. The van der Waals surface area contributed by atoms with E-state index in [1.54, 1.807) is 12.1 Å². The second kappa shape index (κ2) is 10.1. The van der Waals surface area contributed by atoms with Gasteiger partial charge in [0.05, 0.1) is 24.4 Å². The highest BCUT2D eigenvalue weighted by Crippen LogP contribution is 2.45. The first-order valence-electron chi connectivity index (χ1n) is 10.4. The second-order valence-electron chi connectivity index (χ2n) is 9.27. The van der Waals surface area contributed by atoms with Gasteiger partial charge < -0.3 is 15.1 Å². The molecule has 2 rings (SSSR count). The van der Waals surface area contributed by atoms with Crippen LogP contribution in [0.15, 0.2) is 36.1 Å². The molecule has 0 saturated carbocycles. The summed E-state index contributed by atoms with van der Waals surface area (Å²) in [6.45, 7) is 10.0. The summed E-state index contributed by atoms with van der Waals surface area (Å²) in [5.74, 6) is -0.506. The molecule has 0 aliphatic carbocycles. The van der Waals surface area contributed by atoms with Crippen LogP contribution in [0.1, 0.15) is 63.9 Å². The van der Waals surface area contributed by atoms with Crippen LogP contribution in [0.4, 0.5) is 4.39 Å². The number of carboxylic acid groups (broad SMARTS) is 1. The third kappa shape index (κ3) is 7.09. The summed E-state index contributed by atoms with van der Waals surface area (Å²) in [6, 6.07) is 7.91. The fraction of sp³-hybridized carbons (Fsp3) is 0.417. The normalized spacial score (nSPS) is 15.2. The molecule has 1 aromatic carbocycles. The van der Waals surface area contributed by atoms with E-state index in [2.05, 4.69) is 0 Å². The maximum absolute atomic E-state index is 13.5. The average Bonchev–Trinajstić information content (AvgIpc) is 2.64. The SMILES string of the molecule is CC(C)c1nc(C(C)(C)C)cc(-c2ccc(F)cc2)c1C=CP(=O)(O)CC(O)CC(=O)O. The molecule has 174 valence electrons. The van der Waals surface area contributed by atoms with Gasteiger partial charge in [0, 0.05) is 22.5 Å². The predicted octanol–water partition coefficient (Wildman–Crippen LogP) is 5.39. The molecule has 2 aromatic rings. The standard InChI is InChI=1S/C24H31FNO5P/c1-15(2)23-19(10-11-32(30,31)14-18(27)12-22(28)29)20(13-21(26-23)24(3,4)5)16-6-8-17(25)9-7-16/h6-11,13,15,18,27H,12,14H2,1-5H3,(H,28,29)(H,30,31). The van der Waals surface area contributed by atoms with Crippen LogP contribution in [-0.4, -0.2) is 38.3 Å². The van der Waals surface area contributed by atoms with Crippen molar-refractivity contribution < 1.29 is 28.9 Å². The van der Waals surface area contributed by atoms with E-state index in [0.717, 1.165) is 28.3 Å². The lowest BCUT2D eigenvalue weighted by atomic mass is 9.86. The Kier molecular flexibility index (Phi) is 8.16. The number of carboxylic acids is 1. The zero-order valence-corrected chi connectivity index (χ0v) is 19.9. The Labute approximate surface area is 188 Å². The highest BCUT2D eigenvalue weighted by Gasteiger charge is 2.24. The Hall–Kier alpha value is -2.34. The van der Waals surface area contributed by atoms with Crippen molar-refractivity contribution in [2.24, 2.45) is 0 Å². The van der Waals surface area contributed by atoms with Gasteiger partial charge in [0.25, 0.3) is 0 Å². The fourth-order valence-corrected chi connectivity index (χ4v) is 4.50. The number of benzene rings is 1. The Morgan fingerprint density at radius 1 is 1.22 bits per heavy atom. The number of carbonyl (C=O) groups is 1. The van der Waals surface area contributed by atoms with Crippen molar-refractivity contribution in [3.05, 3.63) is 58.9 Å². The molecule has 0 amide bonds. The summed E-state index contributed by atoms with van der Waals surface area (Å²) in [6.07, 6.45) is -1.11. The third-order valence-corrected chi connectivity index (χ3v) is 6.47. The van der Waals surface area contributed by atoms with E-state index < -0.39 is 32.0 Å². The van der Waals surface area contributed by atoms with Crippen LogP contribution in [0.2, 0.25) is 0 Å². The van der Waals surface area contributed by atoms with Gasteiger partial charge in [-0.1, -0.05) is 46.8 Å². The maximum atomic E-state index is 13.5. The highest BCUT2D eigenvalue weighted by atomic mass is 31.2.